The molecule has 9 nitrogen and oxygen atoms in total. The summed E-state index contributed by atoms with van der Waals surface area (Å²) in [6.45, 7) is 0.0344. The summed E-state index contributed by atoms with van der Waals surface area (Å²) in [6.07, 6.45) is 0. The molecule has 26 heavy (non-hydrogen) atoms. The van der Waals surface area contributed by atoms with Crippen LogP contribution in [0.5, 0.6) is 6.01 Å². The van der Waals surface area contributed by atoms with E-state index in [9.17, 15) is 5.11 Å². The molecule has 0 spiro atoms. The molecule has 0 radical (unpaired) electrons. The molecule has 3 heterocycles. The quantitative estimate of drug-likeness (QED) is 0.569. The highest BCUT2D eigenvalue weighted by molar-refractivity contribution is 6.35. The second kappa shape index (κ2) is 6.70. The smallest absolute Gasteiger partial charge is 0.305 e. The fourth-order valence-corrected chi connectivity index (χ4v) is 2.80. The van der Waals surface area contributed by atoms with Gasteiger partial charge in [-0.15, -0.1) is 0 Å². The van der Waals surface area contributed by atoms with Crippen molar-refractivity contribution in [1.82, 2.24) is 34.7 Å². The Kier molecular flexibility index (Phi) is 4.23. The van der Waals surface area contributed by atoms with Crippen LogP contribution < -0.4 is 4.74 Å². The van der Waals surface area contributed by atoms with Gasteiger partial charge in [0.2, 0.25) is 0 Å². The van der Waals surface area contributed by atoms with Crippen LogP contribution in [0.15, 0.2) is 36.4 Å². The van der Waals surface area contributed by atoms with Crippen molar-refractivity contribution in [2.75, 3.05) is 0 Å². The minimum absolute atomic E-state index is 0.132. The number of fused-ring (bicyclic) bond motifs is 1. The van der Waals surface area contributed by atoms with Gasteiger partial charge in [-0.1, -0.05) is 28.8 Å². The molecule has 3 aromatic heterocycles. The van der Waals surface area contributed by atoms with Gasteiger partial charge in [0.1, 0.15) is 12.1 Å². The molecule has 132 valence electrons. The highest BCUT2D eigenvalue weighted by Gasteiger charge is 2.19. The van der Waals surface area contributed by atoms with Gasteiger partial charge >= 0.3 is 6.01 Å². The zero-order chi connectivity index (χ0) is 18.1. The predicted octanol–water partition coefficient (Wildman–Crippen LogP) is 1.67. The van der Waals surface area contributed by atoms with Crippen molar-refractivity contribution in [1.29, 1.82) is 0 Å². The lowest BCUT2D eigenvalue weighted by Crippen LogP contribution is -2.09. The third-order valence-electron chi connectivity index (χ3n) is 3.78. The molecule has 0 aliphatic carbocycles. The summed E-state index contributed by atoms with van der Waals surface area (Å²) in [5.74, 6) is 0.446. The molecule has 0 aliphatic heterocycles. The molecule has 4 aromatic rings. The van der Waals surface area contributed by atoms with Crippen LogP contribution in [0.25, 0.3) is 17.0 Å². The van der Waals surface area contributed by atoms with E-state index in [1.165, 1.54) is 4.68 Å². The molecule has 0 amide bonds. The average Bonchev–Trinajstić information content (AvgIpc) is 3.23. The number of halogens is 1. The molecular formula is C16H14ClN7O2. The van der Waals surface area contributed by atoms with Crippen molar-refractivity contribution in [3.05, 3.63) is 52.8 Å². The minimum atomic E-state index is -0.132. The monoisotopic (exact) mass is 371 g/mol. The SMILES string of the molecule is Cn1nnnc1-n1c(OCc2cccc(CO)n2)nc2c(Cl)cccc21. The topological polar surface area (TPSA) is 104 Å². The van der Waals surface area contributed by atoms with Crippen LogP contribution in [0, 0.1) is 0 Å². The van der Waals surface area contributed by atoms with Gasteiger partial charge in [-0.05, 0) is 34.7 Å². The van der Waals surface area contributed by atoms with Gasteiger partial charge in [0.25, 0.3) is 5.95 Å². The number of ether oxygens (including phenoxy) is 1. The second-order valence-electron chi connectivity index (χ2n) is 5.51. The number of para-hydroxylation sites is 1. The average molecular weight is 372 g/mol. The fraction of sp³-hybridized carbons (Fsp3) is 0.188. The Hall–Kier alpha value is -3.04. The van der Waals surface area contributed by atoms with E-state index in [1.54, 1.807) is 23.7 Å². The molecule has 1 aromatic carbocycles. The fourth-order valence-electron chi connectivity index (χ4n) is 2.58. The predicted molar refractivity (Wildman–Crippen MR) is 92.9 cm³/mol. The first-order chi connectivity index (χ1) is 12.7. The van der Waals surface area contributed by atoms with Gasteiger partial charge in [0.15, 0.2) is 0 Å². The zero-order valence-electron chi connectivity index (χ0n) is 13.7. The van der Waals surface area contributed by atoms with Gasteiger partial charge < -0.3 is 9.84 Å². The number of hydrogen-bond acceptors (Lipinski definition) is 7. The molecule has 0 bridgehead atoms. The number of aryl methyl sites for hydroxylation is 1. The lowest BCUT2D eigenvalue weighted by atomic mass is 10.3. The standard InChI is InChI=1S/C16H14ClN7O2/c1-23-15(20-21-22-23)24-13-7-3-6-12(17)14(13)19-16(24)26-9-11-5-2-4-10(8-25)18-11/h2-7,25H,8-9H2,1H3. The molecule has 0 unspecified atom stereocenters. The van der Waals surface area contributed by atoms with E-state index < -0.39 is 0 Å². The first kappa shape index (κ1) is 16.4. The van der Waals surface area contributed by atoms with E-state index in [0.29, 0.717) is 33.9 Å². The number of pyridine rings is 1. The van der Waals surface area contributed by atoms with Crippen LogP contribution in [0.1, 0.15) is 11.4 Å². The van der Waals surface area contributed by atoms with E-state index in [4.69, 9.17) is 16.3 Å². The number of aromatic nitrogens is 7. The van der Waals surface area contributed by atoms with Gasteiger partial charge in [-0.25, -0.2) is 9.25 Å². The van der Waals surface area contributed by atoms with Crippen LogP contribution in [-0.4, -0.2) is 39.8 Å². The third kappa shape index (κ3) is 2.87. The van der Waals surface area contributed by atoms with Crippen molar-refractivity contribution in [2.45, 2.75) is 13.2 Å². The largest absolute Gasteiger partial charge is 0.458 e. The van der Waals surface area contributed by atoms with E-state index in [1.807, 2.05) is 24.3 Å². The number of aliphatic hydroxyl groups is 1. The van der Waals surface area contributed by atoms with E-state index in [-0.39, 0.29) is 13.2 Å². The molecule has 10 heteroatoms. The van der Waals surface area contributed by atoms with Crippen molar-refractivity contribution in [3.8, 4) is 12.0 Å². The van der Waals surface area contributed by atoms with Crippen LogP contribution in [0.4, 0.5) is 0 Å². The zero-order valence-corrected chi connectivity index (χ0v) is 14.5. The summed E-state index contributed by atoms with van der Waals surface area (Å²) >= 11 is 6.27. The molecule has 0 saturated heterocycles. The Bertz CT molecular complexity index is 1080. The van der Waals surface area contributed by atoms with Gasteiger partial charge in [-0.3, -0.25) is 4.98 Å². The van der Waals surface area contributed by atoms with Crippen molar-refractivity contribution >= 4 is 22.6 Å². The third-order valence-corrected chi connectivity index (χ3v) is 4.08. The van der Waals surface area contributed by atoms with E-state index in [0.717, 1.165) is 5.52 Å². The summed E-state index contributed by atoms with van der Waals surface area (Å²) in [5, 5.41) is 21.3. The highest BCUT2D eigenvalue weighted by Crippen LogP contribution is 2.29. The number of nitrogens with zero attached hydrogens (tertiary/aromatic N) is 7. The first-order valence-electron chi connectivity index (χ1n) is 7.75. The summed E-state index contributed by atoms with van der Waals surface area (Å²) in [7, 11) is 1.72. The second-order valence-corrected chi connectivity index (χ2v) is 5.91. The molecule has 0 fully saturated rings. The maximum atomic E-state index is 9.21. The number of hydrogen-bond donors (Lipinski definition) is 1. The van der Waals surface area contributed by atoms with Crippen LogP contribution in [0.3, 0.4) is 0 Å². The molecule has 0 saturated carbocycles. The van der Waals surface area contributed by atoms with Crippen LogP contribution in [-0.2, 0) is 20.3 Å². The lowest BCUT2D eigenvalue weighted by molar-refractivity contribution is 0.264. The van der Waals surface area contributed by atoms with Crippen LogP contribution >= 0.6 is 11.6 Å². The Morgan fingerprint density at radius 1 is 1.12 bits per heavy atom. The van der Waals surface area contributed by atoms with E-state index >= 15 is 0 Å². The van der Waals surface area contributed by atoms with Crippen molar-refractivity contribution in [2.24, 2.45) is 7.05 Å². The Morgan fingerprint density at radius 2 is 1.92 bits per heavy atom. The van der Waals surface area contributed by atoms with Crippen molar-refractivity contribution in [3.63, 3.8) is 0 Å². The van der Waals surface area contributed by atoms with Crippen LogP contribution in [0.2, 0.25) is 5.02 Å². The molecule has 1 N–H and O–H groups in total. The Morgan fingerprint density at radius 3 is 2.69 bits per heavy atom. The molecule has 4 rings (SSSR count). The number of aliphatic hydroxyl groups excluding tert-OH is 1. The summed E-state index contributed by atoms with van der Waals surface area (Å²) in [4.78, 5) is 8.79. The van der Waals surface area contributed by atoms with E-state index in [2.05, 4.69) is 25.5 Å². The first-order valence-corrected chi connectivity index (χ1v) is 8.13. The van der Waals surface area contributed by atoms with Gasteiger partial charge in [-0.2, -0.15) is 4.98 Å². The molecule has 0 atom stereocenters. The number of rotatable bonds is 5. The van der Waals surface area contributed by atoms with Gasteiger partial charge in [0.05, 0.1) is 28.5 Å². The normalized spacial score (nSPS) is 11.2. The minimum Gasteiger partial charge on any atom is -0.458 e. The number of imidazole rings is 1. The summed E-state index contributed by atoms with van der Waals surface area (Å²) in [6, 6.07) is 11.1. The molecule has 0 aliphatic rings. The maximum Gasteiger partial charge on any atom is 0.305 e. The highest BCUT2D eigenvalue weighted by atomic mass is 35.5. The number of benzene rings is 1. The summed E-state index contributed by atoms with van der Waals surface area (Å²) < 4.78 is 9.09. The Labute approximate surface area is 152 Å². The number of tetrazole rings is 1. The van der Waals surface area contributed by atoms with Crippen molar-refractivity contribution < 1.29 is 9.84 Å². The molecular weight excluding hydrogens is 358 g/mol. The lowest BCUT2D eigenvalue weighted by Gasteiger charge is -2.08. The maximum absolute atomic E-state index is 9.21. The summed E-state index contributed by atoms with van der Waals surface area (Å²) in [5.41, 5.74) is 2.55. The Balaban J connectivity index is 1.76. The van der Waals surface area contributed by atoms with Gasteiger partial charge in [0, 0.05) is 7.05 Å².